The van der Waals surface area contributed by atoms with Crippen LogP contribution in [0.1, 0.15) is 18.1 Å². The third-order valence-electron chi connectivity index (χ3n) is 2.96. The lowest BCUT2D eigenvalue weighted by Gasteiger charge is -2.12. The van der Waals surface area contributed by atoms with Crippen molar-refractivity contribution in [1.82, 2.24) is 10.6 Å². The van der Waals surface area contributed by atoms with Gasteiger partial charge in [0, 0.05) is 24.9 Å². The van der Waals surface area contributed by atoms with Crippen molar-refractivity contribution in [2.75, 3.05) is 32.2 Å². The number of hydrogen-bond acceptors (Lipinski definition) is 4. The molecule has 8 heteroatoms. The van der Waals surface area contributed by atoms with E-state index < -0.39 is 9.84 Å². The van der Waals surface area contributed by atoms with E-state index in [1.807, 2.05) is 32.0 Å². The predicted octanol–water partition coefficient (Wildman–Crippen LogP) is 1.72. The number of guanidine groups is 1. The summed E-state index contributed by atoms with van der Waals surface area (Å²) in [5, 5.41) is 6.11. The molecule has 0 saturated heterocycles. The van der Waals surface area contributed by atoms with Crippen LogP contribution in [0, 0.1) is 6.92 Å². The lowest BCUT2D eigenvalue weighted by molar-refractivity contribution is 0.409. The Labute approximate surface area is 156 Å². The van der Waals surface area contributed by atoms with Crippen LogP contribution < -0.4 is 15.4 Å². The Morgan fingerprint density at radius 2 is 2.00 bits per heavy atom. The predicted molar refractivity (Wildman–Crippen MR) is 106 cm³/mol. The summed E-state index contributed by atoms with van der Waals surface area (Å²) in [4.78, 5) is 4.46. The van der Waals surface area contributed by atoms with Gasteiger partial charge in [0.05, 0.1) is 19.4 Å². The zero-order valence-electron chi connectivity index (χ0n) is 14.0. The van der Waals surface area contributed by atoms with E-state index in [1.54, 1.807) is 7.11 Å². The van der Waals surface area contributed by atoms with Crippen molar-refractivity contribution in [2.45, 2.75) is 20.4 Å². The molecular weight excluding hydrogens is 429 g/mol. The van der Waals surface area contributed by atoms with Crippen molar-refractivity contribution in [2.24, 2.45) is 4.99 Å². The van der Waals surface area contributed by atoms with E-state index in [2.05, 4.69) is 15.6 Å². The topological polar surface area (TPSA) is 79.8 Å². The molecule has 0 aliphatic heterocycles. The molecule has 1 rings (SSSR count). The molecule has 0 atom stereocenters. The maximum Gasteiger partial charge on any atom is 0.191 e. The number of nitrogens with zero attached hydrogens (tertiary/aromatic N) is 1. The van der Waals surface area contributed by atoms with Gasteiger partial charge in [-0.25, -0.2) is 13.4 Å². The zero-order chi connectivity index (χ0) is 16.6. The molecule has 0 saturated carbocycles. The highest BCUT2D eigenvalue weighted by atomic mass is 127. The number of benzene rings is 1. The number of methoxy groups -OCH3 is 1. The number of aryl methyl sites for hydroxylation is 1. The second-order valence-corrected chi connectivity index (χ2v) is 7.33. The first-order valence-electron chi connectivity index (χ1n) is 7.19. The Morgan fingerprint density at radius 3 is 2.57 bits per heavy atom. The fourth-order valence-electron chi connectivity index (χ4n) is 1.84. The Hall–Kier alpha value is -1.03. The molecule has 0 fully saturated rings. The quantitative estimate of drug-likeness (QED) is 0.372. The van der Waals surface area contributed by atoms with E-state index in [0.29, 0.717) is 25.6 Å². The molecule has 1 aromatic rings. The highest BCUT2D eigenvalue weighted by Gasteiger charge is 2.05. The molecule has 132 valence electrons. The lowest BCUT2D eigenvalue weighted by Crippen LogP contribution is -2.39. The summed E-state index contributed by atoms with van der Waals surface area (Å²) >= 11 is 0. The van der Waals surface area contributed by atoms with E-state index in [1.165, 1.54) is 6.26 Å². The molecule has 0 bridgehead atoms. The first kappa shape index (κ1) is 22.0. The summed E-state index contributed by atoms with van der Waals surface area (Å²) in [5.41, 5.74) is 2.11. The van der Waals surface area contributed by atoms with Crippen LogP contribution in [-0.2, 0) is 16.4 Å². The molecule has 23 heavy (non-hydrogen) atoms. The van der Waals surface area contributed by atoms with Gasteiger partial charge in [-0.3, -0.25) is 0 Å². The van der Waals surface area contributed by atoms with Crippen LogP contribution in [0.25, 0.3) is 0 Å². The smallest absolute Gasteiger partial charge is 0.191 e. The van der Waals surface area contributed by atoms with Gasteiger partial charge in [0.15, 0.2) is 5.96 Å². The van der Waals surface area contributed by atoms with Crippen LogP contribution in [0.4, 0.5) is 0 Å². The van der Waals surface area contributed by atoms with Gasteiger partial charge < -0.3 is 15.4 Å². The van der Waals surface area contributed by atoms with Gasteiger partial charge in [0.25, 0.3) is 0 Å². The molecule has 6 nitrogen and oxygen atoms in total. The molecule has 1 aromatic carbocycles. The molecular formula is C15H26IN3O3S. The van der Waals surface area contributed by atoms with E-state index >= 15 is 0 Å². The summed E-state index contributed by atoms with van der Waals surface area (Å²) in [5.74, 6) is 1.47. The first-order valence-corrected chi connectivity index (χ1v) is 9.25. The second kappa shape index (κ2) is 10.7. The Morgan fingerprint density at radius 1 is 1.30 bits per heavy atom. The maximum absolute atomic E-state index is 11.1. The monoisotopic (exact) mass is 455 g/mol. The van der Waals surface area contributed by atoms with Crippen LogP contribution >= 0.6 is 24.0 Å². The van der Waals surface area contributed by atoms with Crippen molar-refractivity contribution in [3.63, 3.8) is 0 Å². The lowest BCUT2D eigenvalue weighted by atomic mass is 10.1. The van der Waals surface area contributed by atoms with Gasteiger partial charge in [-0.15, -0.1) is 24.0 Å². The minimum Gasteiger partial charge on any atom is -0.496 e. The van der Waals surface area contributed by atoms with Gasteiger partial charge in [-0.2, -0.15) is 0 Å². The van der Waals surface area contributed by atoms with E-state index in [4.69, 9.17) is 4.74 Å². The van der Waals surface area contributed by atoms with Crippen molar-refractivity contribution >= 4 is 39.8 Å². The third-order valence-corrected chi connectivity index (χ3v) is 3.91. The average molecular weight is 455 g/mol. The first-order chi connectivity index (χ1) is 10.4. The zero-order valence-corrected chi connectivity index (χ0v) is 17.2. The molecule has 0 aromatic heterocycles. The summed E-state index contributed by atoms with van der Waals surface area (Å²) < 4.78 is 27.7. The van der Waals surface area contributed by atoms with Crippen LogP contribution in [-0.4, -0.2) is 46.6 Å². The molecule has 0 aliphatic carbocycles. The van der Waals surface area contributed by atoms with Crippen molar-refractivity contribution in [1.29, 1.82) is 0 Å². The normalized spacial score (nSPS) is 11.6. The maximum atomic E-state index is 11.1. The molecule has 0 spiro atoms. The molecule has 0 aliphatic rings. The van der Waals surface area contributed by atoms with E-state index in [9.17, 15) is 8.42 Å². The van der Waals surface area contributed by atoms with Gasteiger partial charge >= 0.3 is 0 Å². The summed E-state index contributed by atoms with van der Waals surface area (Å²) in [6.45, 7) is 5.45. The fraction of sp³-hybridized carbons (Fsp3) is 0.533. The van der Waals surface area contributed by atoms with E-state index in [0.717, 1.165) is 16.9 Å². The molecule has 0 radical (unpaired) electrons. The number of nitrogens with one attached hydrogen (secondary N) is 2. The molecule has 0 amide bonds. The second-order valence-electron chi connectivity index (χ2n) is 5.07. The minimum absolute atomic E-state index is 0. The number of sulfone groups is 1. The van der Waals surface area contributed by atoms with Crippen molar-refractivity contribution < 1.29 is 13.2 Å². The minimum atomic E-state index is -2.98. The fourth-order valence-corrected chi connectivity index (χ4v) is 2.32. The van der Waals surface area contributed by atoms with Crippen molar-refractivity contribution in [3.8, 4) is 5.75 Å². The largest absolute Gasteiger partial charge is 0.496 e. The van der Waals surface area contributed by atoms with Crippen LogP contribution in [0.3, 0.4) is 0 Å². The van der Waals surface area contributed by atoms with Gasteiger partial charge in [0.2, 0.25) is 0 Å². The summed E-state index contributed by atoms with van der Waals surface area (Å²) in [6.07, 6.45) is 1.22. The van der Waals surface area contributed by atoms with E-state index in [-0.39, 0.29) is 29.7 Å². The average Bonchev–Trinajstić information content (AvgIpc) is 2.44. The molecule has 2 N–H and O–H groups in total. The molecule has 0 unspecified atom stereocenters. The summed E-state index contributed by atoms with van der Waals surface area (Å²) in [6, 6.07) is 5.96. The number of aliphatic imine (C=N–C) groups is 1. The van der Waals surface area contributed by atoms with Crippen LogP contribution in [0.2, 0.25) is 0 Å². The number of rotatable bonds is 7. The standard InChI is InChI=1S/C15H25N3O3S.HI/c1-5-16-15(17-8-9-22(4,19)20)18-11-13-7-6-12(2)10-14(13)21-3;/h6-7,10H,5,8-9,11H2,1-4H3,(H2,16,17,18);1H. The highest BCUT2D eigenvalue weighted by Crippen LogP contribution is 2.20. The van der Waals surface area contributed by atoms with Gasteiger partial charge in [-0.05, 0) is 25.5 Å². The number of halogens is 1. The summed E-state index contributed by atoms with van der Waals surface area (Å²) in [7, 11) is -1.35. The number of hydrogen-bond donors (Lipinski definition) is 2. The number of ether oxygens (including phenoxy) is 1. The van der Waals surface area contributed by atoms with Crippen LogP contribution in [0.15, 0.2) is 23.2 Å². The highest BCUT2D eigenvalue weighted by molar-refractivity contribution is 14.0. The third kappa shape index (κ3) is 8.99. The Balaban J connectivity index is 0.00000484. The van der Waals surface area contributed by atoms with Gasteiger partial charge in [0.1, 0.15) is 15.6 Å². The Kier molecular flexibility index (Phi) is 10.2. The SMILES string of the molecule is CCNC(=NCc1ccc(C)cc1OC)NCCS(C)(=O)=O.I. The van der Waals surface area contributed by atoms with Crippen molar-refractivity contribution in [3.05, 3.63) is 29.3 Å². The van der Waals surface area contributed by atoms with Crippen LogP contribution in [0.5, 0.6) is 5.75 Å². The Bertz CT molecular complexity index is 618. The molecule has 0 heterocycles. The van der Waals surface area contributed by atoms with Gasteiger partial charge in [-0.1, -0.05) is 12.1 Å².